The van der Waals surface area contributed by atoms with Crippen LogP contribution in [0.25, 0.3) is 0 Å². The fourth-order valence-corrected chi connectivity index (χ4v) is 1.01. The third-order valence-electron chi connectivity index (χ3n) is 1.50. The van der Waals surface area contributed by atoms with Crippen molar-refractivity contribution in [2.24, 2.45) is 0 Å². The molecule has 1 amide bonds. The van der Waals surface area contributed by atoms with E-state index in [1.165, 1.54) is 13.0 Å². The summed E-state index contributed by atoms with van der Waals surface area (Å²) in [5.41, 5.74) is 1.62. The molecule has 0 aliphatic heterocycles. The van der Waals surface area contributed by atoms with Gasteiger partial charge < -0.3 is 5.32 Å². The predicted molar refractivity (Wildman–Crippen MR) is 57.8 cm³/mol. The van der Waals surface area contributed by atoms with E-state index in [0.29, 0.717) is 0 Å². The summed E-state index contributed by atoms with van der Waals surface area (Å²) in [5.74, 6) is 5.55. The van der Waals surface area contributed by atoms with E-state index in [-0.39, 0.29) is 5.91 Å². The van der Waals surface area contributed by atoms with Gasteiger partial charge in [0.1, 0.15) is 0 Å². The summed E-state index contributed by atoms with van der Waals surface area (Å²) in [4.78, 5) is 10.8. The predicted octanol–water partition coefficient (Wildman–Crippen LogP) is 2.18. The minimum atomic E-state index is -0.0844. The maximum atomic E-state index is 10.8. The van der Waals surface area contributed by atoms with Crippen LogP contribution >= 0.6 is 0 Å². The van der Waals surface area contributed by atoms with Gasteiger partial charge in [-0.15, -0.1) is 0 Å². The molecule has 0 aliphatic carbocycles. The van der Waals surface area contributed by atoms with Crippen molar-refractivity contribution in [3.8, 4) is 11.8 Å². The summed E-state index contributed by atoms with van der Waals surface area (Å²) in [6.45, 7) is 4.98. The summed E-state index contributed by atoms with van der Waals surface area (Å²) >= 11 is 0. The van der Waals surface area contributed by atoms with Crippen LogP contribution in [0.5, 0.6) is 0 Å². The molecule has 0 radical (unpaired) electrons. The second kappa shape index (κ2) is 4.88. The third-order valence-corrected chi connectivity index (χ3v) is 1.50. The van der Waals surface area contributed by atoms with E-state index in [9.17, 15) is 4.79 Å². The first-order valence-electron chi connectivity index (χ1n) is 4.22. The number of allylic oxidation sites excluding steroid dienone is 1. The number of anilines is 1. The molecule has 0 heterocycles. The summed E-state index contributed by atoms with van der Waals surface area (Å²) in [5, 5.41) is 2.69. The molecule has 70 valence electrons. The maximum absolute atomic E-state index is 10.8. The smallest absolute Gasteiger partial charge is 0.221 e. The van der Waals surface area contributed by atoms with Gasteiger partial charge in [0.05, 0.1) is 0 Å². The number of rotatable bonds is 1. The summed E-state index contributed by atoms with van der Waals surface area (Å²) in [7, 11) is 0. The van der Waals surface area contributed by atoms with E-state index in [1.807, 2.05) is 24.3 Å². The Labute approximate surface area is 83.6 Å². The Kier molecular flexibility index (Phi) is 3.51. The van der Waals surface area contributed by atoms with Crippen LogP contribution in [0.1, 0.15) is 12.5 Å². The van der Waals surface area contributed by atoms with Crippen molar-refractivity contribution in [2.75, 3.05) is 5.32 Å². The molecule has 0 spiro atoms. The van der Waals surface area contributed by atoms with E-state index >= 15 is 0 Å². The lowest BCUT2D eigenvalue weighted by atomic mass is 10.2. The molecule has 0 atom stereocenters. The molecule has 0 fully saturated rings. The summed E-state index contributed by atoms with van der Waals surface area (Å²) in [6.07, 6.45) is 1.53. The first kappa shape index (κ1) is 10.1. The van der Waals surface area contributed by atoms with Gasteiger partial charge in [-0.05, 0) is 24.3 Å². The lowest BCUT2D eigenvalue weighted by Gasteiger charge is -2.00. The Morgan fingerprint density at radius 2 is 2.36 bits per heavy atom. The number of carbonyl (C=O) groups is 1. The number of carbonyl (C=O) groups excluding carboxylic acids is 1. The van der Waals surface area contributed by atoms with Crippen LogP contribution in [-0.2, 0) is 4.79 Å². The topological polar surface area (TPSA) is 29.1 Å². The molecule has 2 heteroatoms. The highest BCUT2D eigenvalue weighted by molar-refractivity contribution is 5.88. The molecule has 0 unspecified atom stereocenters. The Bertz CT molecular complexity index is 410. The second-order valence-electron chi connectivity index (χ2n) is 2.74. The third kappa shape index (κ3) is 3.16. The average molecular weight is 185 g/mol. The van der Waals surface area contributed by atoms with Crippen LogP contribution in [0, 0.1) is 11.8 Å². The highest BCUT2D eigenvalue weighted by Gasteiger charge is 1.94. The number of hydrogen-bond acceptors (Lipinski definition) is 1. The number of benzene rings is 1. The highest BCUT2D eigenvalue weighted by atomic mass is 16.1. The van der Waals surface area contributed by atoms with Gasteiger partial charge in [-0.25, -0.2) is 0 Å². The molecule has 1 N–H and O–H groups in total. The molecule has 1 aromatic carbocycles. The van der Waals surface area contributed by atoms with E-state index in [4.69, 9.17) is 0 Å². The zero-order valence-corrected chi connectivity index (χ0v) is 8.00. The van der Waals surface area contributed by atoms with Crippen LogP contribution in [0.4, 0.5) is 5.69 Å². The lowest BCUT2D eigenvalue weighted by molar-refractivity contribution is -0.114. The van der Waals surface area contributed by atoms with E-state index in [1.54, 1.807) is 0 Å². The van der Waals surface area contributed by atoms with E-state index < -0.39 is 0 Å². The minimum Gasteiger partial charge on any atom is -0.326 e. The molecule has 1 aromatic rings. The molecule has 1 rings (SSSR count). The fourth-order valence-electron chi connectivity index (χ4n) is 1.01. The second-order valence-corrected chi connectivity index (χ2v) is 2.74. The average Bonchev–Trinajstić information content (AvgIpc) is 2.14. The molecule has 0 saturated carbocycles. The summed E-state index contributed by atoms with van der Waals surface area (Å²) < 4.78 is 0. The Morgan fingerprint density at radius 3 is 3.00 bits per heavy atom. The Balaban J connectivity index is 2.89. The SMILES string of the molecule is C=CC#Cc1cccc(NC(C)=O)c1. The zero-order valence-electron chi connectivity index (χ0n) is 8.00. The molecule has 0 saturated heterocycles. The first-order valence-corrected chi connectivity index (χ1v) is 4.22. The Hall–Kier alpha value is -2.01. The van der Waals surface area contributed by atoms with Crippen LogP contribution in [0.15, 0.2) is 36.9 Å². The molecule has 0 aromatic heterocycles. The van der Waals surface area contributed by atoms with Gasteiger partial charge in [0.25, 0.3) is 0 Å². The quantitative estimate of drug-likeness (QED) is 0.667. The van der Waals surface area contributed by atoms with E-state index in [0.717, 1.165) is 11.3 Å². The van der Waals surface area contributed by atoms with Gasteiger partial charge in [-0.1, -0.05) is 24.5 Å². The number of amides is 1. The van der Waals surface area contributed by atoms with Gasteiger partial charge >= 0.3 is 0 Å². The molecule has 0 bridgehead atoms. The fraction of sp³-hybridized carbons (Fsp3) is 0.0833. The van der Waals surface area contributed by atoms with Crippen LogP contribution in [0.3, 0.4) is 0 Å². The minimum absolute atomic E-state index is 0.0844. The van der Waals surface area contributed by atoms with Gasteiger partial charge in [-0.3, -0.25) is 4.79 Å². The normalized spacial score (nSPS) is 8.36. The van der Waals surface area contributed by atoms with Crippen molar-refractivity contribution in [3.05, 3.63) is 42.5 Å². The van der Waals surface area contributed by atoms with Gasteiger partial charge in [0.15, 0.2) is 0 Å². The van der Waals surface area contributed by atoms with E-state index in [2.05, 4.69) is 23.7 Å². The number of hydrogen-bond donors (Lipinski definition) is 1. The lowest BCUT2D eigenvalue weighted by Crippen LogP contribution is -2.05. The van der Waals surface area contributed by atoms with Crippen molar-refractivity contribution in [2.45, 2.75) is 6.92 Å². The van der Waals surface area contributed by atoms with Crippen LogP contribution in [0.2, 0.25) is 0 Å². The highest BCUT2D eigenvalue weighted by Crippen LogP contribution is 2.09. The van der Waals surface area contributed by atoms with Crippen molar-refractivity contribution in [1.82, 2.24) is 0 Å². The standard InChI is InChI=1S/C12H11NO/c1-3-4-6-11-7-5-8-12(9-11)13-10(2)14/h3,5,7-9H,1H2,2H3,(H,13,14). The largest absolute Gasteiger partial charge is 0.326 e. The molecular weight excluding hydrogens is 174 g/mol. The van der Waals surface area contributed by atoms with Crippen molar-refractivity contribution >= 4 is 11.6 Å². The summed E-state index contributed by atoms with van der Waals surface area (Å²) in [6, 6.07) is 7.36. The van der Waals surface area contributed by atoms with Crippen molar-refractivity contribution < 1.29 is 4.79 Å². The monoisotopic (exact) mass is 185 g/mol. The van der Waals surface area contributed by atoms with Gasteiger partial charge in [0, 0.05) is 18.2 Å². The molecule has 2 nitrogen and oxygen atoms in total. The van der Waals surface area contributed by atoms with Crippen molar-refractivity contribution in [1.29, 1.82) is 0 Å². The first-order chi connectivity index (χ1) is 6.72. The molecule has 0 aliphatic rings. The maximum Gasteiger partial charge on any atom is 0.221 e. The van der Waals surface area contributed by atoms with Crippen LogP contribution < -0.4 is 5.32 Å². The zero-order chi connectivity index (χ0) is 10.4. The number of nitrogens with one attached hydrogen (secondary N) is 1. The molecule has 14 heavy (non-hydrogen) atoms. The van der Waals surface area contributed by atoms with Gasteiger partial charge in [-0.2, -0.15) is 0 Å². The van der Waals surface area contributed by atoms with Gasteiger partial charge in [0.2, 0.25) is 5.91 Å². The molecular formula is C12H11NO. The van der Waals surface area contributed by atoms with Crippen molar-refractivity contribution in [3.63, 3.8) is 0 Å². The van der Waals surface area contributed by atoms with Crippen LogP contribution in [-0.4, -0.2) is 5.91 Å². The Morgan fingerprint density at radius 1 is 1.57 bits per heavy atom.